The van der Waals surface area contributed by atoms with Crippen LogP contribution in [0.3, 0.4) is 0 Å². The Kier molecular flexibility index (Phi) is 2.92. The van der Waals surface area contributed by atoms with E-state index in [0.29, 0.717) is 6.42 Å². The van der Waals surface area contributed by atoms with Crippen LogP contribution in [0.1, 0.15) is 12.8 Å². The highest BCUT2D eigenvalue weighted by Crippen LogP contribution is 2.20. The molecule has 1 heterocycles. The smallest absolute Gasteiger partial charge is 0.303 e. The summed E-state index contributed by atoms with van der Waals surface area (Å²) in [5, 5.41) is 8.51. The predicted octanol–water partition coefficient (Wildman–Crippen LogP) is -0.777. The highest BCUT2D eigenvalue weighted by molar-refractivity contribution is 7.91. The largest absolute Gasteiger partial charge is 0.481 e. The van der Waals surface area contributed by atoms with Crippen molar-refractivity contribution in [3.8, 4) is 0 Å². The summed E-state index contributed by atoms with van der Waals surface area (Å²) < 4.78 is 22.1. The zero-order valence-electron chi connectivity index (χ0n) is 7.14. The first-order valence-corrected chi connectivity index (χ1v) is 5.90. The highest BCUT2D eigenvalue weighted by Gasteiger charge is 2.31. The Morgan fingerprint density at radius 2 is 2.15 bits per heavy atom. The fraction of sp³-hybridized carbons (Fsp3) is 0.857. The number of carbonyl (C=O) groups is 1. The fourth-order valence-corrected chi connectivity index (χ4v) is 3.22. The lowest BCUT2D eigenvalue weighted by atomic mass is 9.95. The minimum atomic E-state index is -3.02. The van der Waals surface area contributed by atoms with E-state index in [4.69, 9.17) is 10.8 Å². The lowest BCUT2D eigenvalue weighted by molar-refractivity contribution is -0.138. The number of carboxylic acid groups (broad SMARTS) is 1. The van der Waals surface area contributed by atoms with Crippen molar-refractivity contribution in [3.63, 3.8) is 0 Å². The number of nitrogens with two attached hydrogens (primary N) is 1. The van der Waals surface area contributed by atoms with E-state index in [0.717, 1.165) is 0 Å². The molecule has 0 aromatic heterocycles. The molecule has 0 aliphatic carbocycles. The Bertz CT molecular complexity index is 298. The van der Waals surface area contributed by atoms with Crippen molar-refractivity contribution in [3.05, 3.63) is 0 Å². The molecule has 1 rings (SSSR count). The zero-order chi connectivity index (χ0) is 10.1. The van der Waals surface area contributed by atoms with Crippen LogP contribution in [0.25, 0.3) is 0 Å². The Morgan fingerprint density at radius 3 is 2.62 bits per heavy atom. The van der Waals surface area contributed by atoms with Gasteiger partial charge >= 0.3 is 5.97 Å². The second-order valence-electron chi connectivity index (χ2n) is 3.42. The van der Waals surface area contributed by atoms with Gasteiger partial charge in [0.2, 0.25) is 0 Å². The summed E-state index contributed by atoms with van der Waals surface area (Å²) in [5.41, 5.74) is 5.56. The van der Waals surface area contributed by atoms with Crippen LogP contribution >= 0.6 is 0 Å². The summed E-state index contributed by atoms with van der Waals surface area (Å²) in [6.45, 7) is 0. The Morgan fingerprint density at radius 1 is 1.54 bits per heavy atom. The van der Waals surface area contributed by atoms with Gasteiger partial charge in [-0.2, -0.15) is 0 Å². The third-order valence-electron chi connectivity index (χ3n) is 2.29. The van der Waals surface area contributed by atoms with Crippen LogP contribution < -0.4 is 5.73 Å². The van der Waals surface area contributed by atoms with Crippen LogP contribution in [0, 0.1) is 5.92 Å². The molecule has 0 spiro atoms. The first-order chi connectivity index (χ1) is 5.91. The maximum atomic E-state index is 11.1. The molecule has 1 aliphatic heterocycles. The molecule has 0 radical (unpaired) electrons. The third kappa shape index (κ3) is 2.96. The maximum absolute atomic E-state index is 11.1. The molecular weight excluding hydrogens is 194 g/mol. The number of aliphatic carboxylic acids is 1. The number of rotatable bonds is 2. The van der Waals surface area contributed by atoms with Crippen molar-refractivity contribution in [1.29, 1.82) is 0 Å². The van der Waals surface area contributed by atoms with Gasteiger partial charge in [0, 0.05) is 12.5 Å². The molecular formula is C7H13NO4S. The zero-order valence-corrected chi connectivity index (χ0v) is 7.96. The quantitative estimate of drug-likeness (QED) is 0.619. The van der Waals surface area contributed by atoms with Gasteiger partial charge in [0.25, 0.3) is 0 Å². The standard InChI is InChI=1S/C7H13NO4S/c8-6-4-13(11,12)2-1-5(6)3-7(9)10/h5-6H,1-4,8H2,(H,9,10). The summed E-state index contributed by atoms with van der Waals surface area (Å²) in [6, 6.07) is -0.519. The van der Waals surface area contributed by atoms with E-state index in [1.165, 1.54) is 0 Å². The van der Waals surface area contributed by atoms with Crippen molar-refractivity contribution in [2.24, 2.45) is 11.7 Å². The number of hydrogen-bond donors (Lipinski definition) is 2. The van der Waals surface area contributed by atoms with Gasteiger partial charge < -0.3 is 10.8 Å². The first-order valence-electron chi connectivity index (χ1n) is 4.08. The summed E-state index contributed by atoms with van der Waals surface area (Å²) >= 11 is 0. The third-order valence-corrected chi connectivity index (χ3v) is 4.04. The van der Waals surface area contributed by atoms with Crippen molar-refractivity contribution >= 4 is 15.8 Å². The molecule has 76 valence electrons. The van der Waals surface area contributed by atoms with Gasteiger partial charge in [-0.15, -0.1) is 0 Å². The topological polar surface area (TPSA) is 97.5 Å². The van der Waals surface area contributed by atoms with E-state index in [1.54, 1.807) is 0 Å². The molecule has 0 aromatic rings. The van der Waals surface area contributed by atoms with Gasteiger partial charge in [-0.3, -0.25) is 4.79 Å². The summed E-state index contributed by atoms with van der Waals surface area (Å²) in [4.78, 5) is 10.4. The second kappa shape index (κ2) is 3.63. The molecule has 0 aromatic carbocycles. The van der Waals surface area contributed by atoms with E-state index >= 15 is 0 Å². The molecule has 2 unspecified atom stereocenters. The van der Waals surface area contributed by atoms with E-state index in [9.17, 15) is 13.2 Å². The molecule has 13 heavy (non-hydrogen) atoms. The molecule has 0 saturated carbocycles. The second-order valence-corrected chi connectivity index (χ2v) is 5.65. The SMILES string of the molecule is NC1CS(=O)(=O)CCC1CC(=O)O. The first kappa shape index (κ1) is 10.5. The maximum Gasteiger partial charge on any atom is 0.303 e. The van der Waals surface area contributed by atoms with Gasteiger partial charge in [0.1, 0.15) is 0 Å². The molecule has 3 N–H and O–H groups in total. The fourth-order valence-electron chi connectivity index (χ4n) is 1.54. The summed E-state index contributed by atoms with van der Waals surface area (Å²) in [6.07, 6.45) is 0.340. The van der Waals surface area contributed by atoms with Gasteiger partial charge in [0.15, 0.2) is 9.84 Å². The van der Waals surface area contributed by atoms with Crippen molar-refractivity contribution in [2.75, 3.05) is 11.5 Å². The van der Waals surface area contributed by atoms with E-state index in [2.05, 4.69) is 0 Å². The van der Waals surface area contributed by atoms with Crippen molar-refractivity contribution < 1.29 is 18.3 Å². The van der Waals surface area contributed by atoms with Gasteiger partial charge in [-0.25, -0.2) is 8.42 Å². The van der Waals surface area contributed by atoms with Crippen molar-refractivity contribution in [1.82, 2.24) is 0 Å². The van der Waals surface area contributed by atoms with Crippen LogP contribution in [0.5, 0.6) is 0 Å². The number of sulfone groups is 1. The van der Waals surface area contributed by atoms with Crippen LogP contribution in [-0.4, -0.2) is 37.0 Å². The molecule has 1 fully saturated rings. The molecule has 1 saturated heterocycles. The average molecular weight is 207 g/mol. The van der Waals surface area contributed by atoms with Gasteiger partial charge in [-0.05, 0) is 12.3 Å². The van der Waals surface area contributed by atoms with E-state index in [1.807, 2.05) is 0 Å². The minimum absolute atomic E-state index is 0.0311. The Labute approximate surface area is 76.8 Å². The van der Waals surface area contributed by atoms with Crippen LogP contribution in [0.15, 0.2) is 0 Å². The predicted molar refractivity (Wildman–Crippen MR) is 47.0 cm³/mol. The van der Waals surface area contributed by atoms with Crippen LogP contribution in [0.4, 0.5) is 0 Å². The molecule has 1 aliphatic rings. The monoisotopic (exact) mass is 207 g/mol. The molecule has 6 heteroatoms. The normalized spacial score (nSPS) is 32.7. The number of carboxylic acids is 1. The molecule has 2 atom stereocenters. The number of hydrogen-bond acceptors (Lipinski definition) is 4. The highest BCUT2D eigenvalue weighted by atomic mass is 32.2. The van der Waals surface area contributed by atoms with Gasteiger partial charge in [0.05, 0.1) is 11.5 Å². The van der Waals surface area contributed by atoms with Crippen molar-refractivity contribution in [2.45, 2.75) is 18.9 Å². The average Bonchev–Trinajstić information content (AvgIpc) is 1.93. The summed E-state index contributed by atoms with van der Waals surface area (Å²) in [7, 11) is -3.02. The lowest BCUT2D eigenvalue weighted by Gasteiger charge is -2.26. The van der Waals surface area contributed by atoms with Crippen LogP contribution in [0.2, 0.25) is 0 Å². The van der Waals surface area contributed by atoms with E-state index < -0.39 is 21.8 Å². The Hall–Kier alpha value is -0.620. The summed E-state index contributed by atoms with van der Waals surface area (Å²) in [5.74, 6) is -1.12. The Balaban J connectivity index is 2.59. The molecule has 5 nitrogen and oxygen atoms in total. The molecule has 0 bridgehead atoms. The van der Waals surface area contributed by atoms with E-state index in [-0.39, 0.29) is 23.8 Å². The minimum Gasteiger partial charge on any atom is -0.481 e. The van der Waals surface area contributed by atoms with Crippen LogP contribution in [-0.2, 0) is 14.6 Å². The lowest BCUT2D eigenvalue weighted by Crippen LogP contribution is -2.43. The van der Waals surface area contributed by atoms with Gasteiger partial charge in [-0.1, -0.05) is 0 Å². The molecule has 0 amide bonds.